The highest BCUT2D eigenvalue weighted by Crippen LogP contribution is 2.33. The summed E-state index contributed by atoms with van der Waals surface area (Å²) in [6.45, 7) is 5.02. The zero-order valence-corrected chi connectivity index (χ0v) is 10.9. The van der Waals surface area contributed by atoms with Crippen molar-refractivity contribution in [2.45, 2.75) is 45.1 Å². The van der Waals surface area contributed by atoms with E-state index in [-0.39, 0.29) is 5.54 Å². The van der Waals surface area contributed by atoms with E-state index in [2.05, 4.69) is 17.2 Å². The number of hydrogen-bond donors (Lipinski definition) is 2. The third-order valence-electron chi connectivity index (χ3n) is 3.76. The highest BCUT2D eigenvalue weighted by atomic mass is 15.1. The molecule has 2 atom stereocenters. The molecule has 94 valence electrons. The average Bonchev–Trinajstić information content (AvgIpc) is 2.29. The lowest BCUT2D eigenvalue weighted by atomic mass is 9.76. The summed E-state index contributed by atoms with van der Waals surface area (Å²) in [4.78, 5) is 4.52. The van der Waals surface area contributed by atoms with Gasteiger partial charge in [0.25, 0.3) is 0 Å². The van der Waals surface area contributed by atoms with E-state index in [0.29, 0.717) is 6.54 Å². The zero-order chi connectivity index (χ0) is 12.3. The fourth-order valence-electron chi connectivity index (χ4n) is 2.89. The molecule has 2 rings (SSSR count). The largest absolute Gasteiger partial charge is 0.363 e. The standard InChI is InChI=1S/C14H23N3/c1-11-5-4-8-14(9-11,10-15)17-13-7-3-6-12(2)16-13/h3,6-7,11H,4-5,8-10,15H2,1-2H3,(H,16,17). The van der Waals surface area contributed by atoms with Gasteiger partial charge in [0.05, 0.1) is 5.54 Å². The summed E-state index contributed by atoms with van der Waals surface area (Å²) in [6.07, 6.45) is 4.89. The first-order valence-corrected chi connectivity index (χ1v) is 6.55. The molecule has 0 aliphatic heterocycles. The van der Waals surface area contributed by atoms with E-state index in [1.54, 1.807) is 0 Å². The van der Waals surface area contributed by atoms with Crippen LogP contribution in [-0.4, -0.2) is 17.1 Å². The van der Waals surface area contributed by atoms with Crippen molar-refractivity contribution in [3.63, 3.8) is 0 Å². The molecule has 1 aliphatic rings. The first kappa shape index (κ1) is 12.4. The predicted molar refractivity (Wildman–Crippen MR) is 72.0 cm³/mol. The summed E-state index contributed by atoms with van der Waals surface area (Å²) in [5, 5.41) is 3.58. The van der Waals surface area contributed by atoms with Crippen molar-refractivity contribution in [3.8, 4) is 0 Å². The SMILES string of the molecule is Cc1cccc(NC2(CN)CCCC(C)C2)n1. The van der Waals surface area contributed by atoms with E-state index in [0.717, 1.165) is 30.3 Å². The molecule has 1 aliphatic carbocycles. The highest BCUT2D eigenvalue weighted by Gasteiger charge is 2.33. The van der Waals surface area contributed by atoms with Crippen molar-refractivity contribution in [2.24, 2.45) is 11.7 Å². The third-order valence-corrected chi connectivity index (χ3v) is 3.76. The maximum Gasteiger partial charge on any atom is 0.126 e. The maximum atomic E-state index is 6.00. The third kappa shape index (κ3) is 2.97. The highest BCUT2D eigenvalue weighted by molar-refractivity contribution is 5.39. The van der Waals surface area contributed by atoms with E-state index in [1.165, 1.54) is 12.8 Å². The van der Waals surface area contributed by atoms with Gasteiger partial charge in [0.1, 0.15) is 5.82 Å². The molecule has 1 aromatic heterocycles. The lowest BCUT2D eigenvalue weighted by Gasteiger charge is -2.40. The summed E-state index contributed by atoms with van der Waals surface area (Å²) in [6, 6.07) is 6.09. The number of pyridine rings is 1. The molecule has 0 amide bonds. The summed E-state index contributed by atoms with van der Waals surface area (Å²) in [5.41, 5.74) is 7.10. The smallest absolute Gasteiger partial charge is 0.126 e. The van der Waals surface area contributed by atoms with Gasteiger partial charge < -0.3 is 11.1 Å². The van der Waals surface area contributed by atoms with E-state index < -0.39 is 0 Å². The molecule has 0 aromatic carbocycles. The Morgan fingerprint density at radius 3 is 3.00 bits per heavy atom. The van der Waals surface area contributed by atoms with Crippen LogP contribution in [0.5, 0.6) is 0 Å². The molecule has 1 fully saturated rings. The van der Waals surface area contributed by atoms with E-state index in [9.17, 15) is 0 Å². The molecule has 0 bridgehead atoms. The van der Waals surface area contributed by atoms with Gasteiger partial charge in [-0.15, -0.1) is 0 Å². The molecule has 3 heteroatoms. The second-order valence-corrected chi connectivity index (χ2v) is 5.48. The Morgan fingerprint density at radius 1 is 1.53 bits per heavy atom. The van der Waals surface area contributed by atoms with Gasteiger partial charge in [-0.1, -0.05) is 25.8 Å². The first-order chi connectivity index (χ1) is 8.13. The minimum atomic E-state index is 0.0540. The summed E-state index contributed by atoms with van der Waals surface area (Å²) in [7, 11) is 0. The van der Waals surface area contributed by atoms with E-state index in [1.807, 2.05) is 25.1 Å². The van der Waals surface area contributed by atoms with E-state index >= 15 is 0 Å². The number of rotatable bonds is 3. The predicted octanol–water partition coefficient (Wildman–Crippen LogP) is 2.71. The van der Waals surface area contributed by atoms with Gasteiger partial charge in [0, 0.05) is 12.2 Å². The monoisotopic (exact) mass is 233 g/mol. The van der Waals surface area contributed by atoms with Crippen LogP contribution in [-0.2, 0) is 0 Å². The number of nitrogens with zero attached hydrogens (tertiary/aromatic N) is 1. The molecular formula is C14H23N3. The van der Waals surface area contributed by atoms with Gasteiger partial charge in [-0.3, -0.25) is 0 Å². The van der Waals surface area contributed by atoms with Crippen LogP contribution < -0.4 is 11.1 Å². The number of nitrogens with one attached hydrogen (secondary N) is 1. The minimum absolute atomic E-state index is 0.0540. The second-order valence-electron chi connectivity index (χ2n) is 5.48. The van der Waals surface area contributed by atoms with Gasteiger partial charge >= 0.3 is 0 Å². The Labute approximate surface area is 104 Å². The number of nitrogens with two attached hydrogens (primary N) is 1. The van der Waals surface area contributed by atoms with E-state index in [4.69, 9.17) is 5.73 Å². The summed E-state index contributed by atoms with van der Waals surface area (Å²) < 4.78 is 0. The Kier molecular flexibility index (Phi) is 3.67. The molecule has 3 N–H and O–H groups in total. The van der Waals surface area contributed by atoms with Crippen LogP contribution in [0, 0.1) is 12.8 Å². The Morgan fingerprint density at radius 2 is 2.35 bits per heavy atom. The van der Waals surface area contributed by atoms with Crippen molar-refractivity contribution >= 4 is 5.82 Å². The van der Waals surface area contributed by atoms with Crippen LogP contribution in [0.25, 0.3) is 0 Å². The van der Waals surface area contributed by atoms with Gasteiger partial charge in [0.15, 0.2) is 0 Å². The van der Waals surface area contributed by atoms with Crippen LogP contribution in [0.15, 0.2) is 18.2 Å². The fraction of sp³-hybridized carbons (Fsp3) is 0.643. The summed E-state index contributed by atoms with van der Waals surface area (Å²) in [5.74, 6) is 1.72. The van der Waals surface area contributed by atoms with Crippen LogP contribution in [0.1, 0.15) is 38.3 Å². The molecule has 17 heavy (non-hydrogen) atoms. The number of anilines is 1. The van der Waals surface area contributed by atoms with Crippen LogP contribution in [0.2, 0.25) is 0 Å². The number of aromatic nitrogens is 1. The van der Waals surface area contributed by atoms with Gasteiger partial charge in [-0.2, -0.15) is 0 Å². The molecule has 3 nitrogen and oxygen atoms in total. The molecule has 2 unspecified atom stereocenters. The Balaban J connectivity index is 2.13. The number of aryl methyl sites for hydroxylation is 1. The second kappa shape index (κ2) is 5.05. The molecule has 1 heterocycles. The number of hydrogen-bond acceptors (Lipinski definition) is 3. The molecular weight excluding hydrogens is 210 g/mol. The van der Waals surface area contributed by atoms with Crippen molar-refractivity contribution in [1.82, 2.24) is 4.98 Å². The van der Waals surface area contributed by atoms with Crippen LogP contribution in [0.3, 0.4) is 0 Å². The lowest BCUT2D eigenvalue weighted by Crippen LogP contribution is -2.48. The lowest BCUT2D eigenvalue weighted by molar-refractivity contribution is 0.263. The first-order valence-electron chi connectivity index (χ1n) is 6.55. The minimum Gasteiger partial charge on any atom is -0.363 e. The molecule has 0 spiro atoms. The van der Waals surface area contributed by atoms with Gasteiger partial charge in [-0.25, -0.2) is 4.98 Å². The topological polar surface area (TPSA) is 50.9 Å². The molecule has 0 radical (unpaired) electrons. The van der Waals surface area contributed by atoms with Gasteiger partial charge in [0.2, 0.25) is 0 Å². The van der Waals surface area contributed by atoms with Crippen molar-refractivity contribution in [3.05, 3.63) is 23.9 Å². The average molecular weight is 233 g/mol. The van der Waals surface area contributed by atoms with Crippen molar-refractivity contribution in [1.29, 1.82) is 0 Å². The quantitative estimate of drug-likeness (QED) is 0.844. The normalized spacial score (nSPS) is 29.0. The Hall–Kier alpha value is -1.09. The molecule has 1 aromatic rings. The van der Waals surface area contributed by atoms with Crippen molar-refractivity contribution < 1.29 is 0 Å². The van der Waals surface area contributed by atoms with Gasteiger partial charge in [-0.05, 0) is 37.8 Å². The molecule has 1 saturated carbocycles. The Bertz CT molecular complexity index is 377. The fourth-order valence-corrected chi connectivity index (χ4v) is 2.89. The maximum absolute atomic E-state index is 6.00. The summed E-state index contributed by atoms with van der Waals surface area (Å²) >= 11 is 0. The zero-order valence-electron chi connectivity index (χ0n) is 10.9. The van der Waals surface area contributed by atoms with Crippen LogP contribution in [0.4, 0.5) is 5.82 Å². The van der Waals surface area contributed by atoms with Crippen LogP contribution >= 0.6 is 0 Å². The van der Waals surface area contributed by atoms with Crippen molar-refractivity contribution in [2.75, 3.05) is 11.9 Å². The molecule has 0 saturated heterocycles.